The van der Waals surface area contributed by atoms with Gasteiger partial charge in [-0.25, -0.2) is 13.3 Å². The van der Waals surface area contributed by atoms with Crippen molar-refractivity contribution >= 4 is 28.6 Å². The zero-order chi connectivity index (χ0) is 23.2. The number of anilines is 2. The van der Waals surface area contributed by atoms with Gasteiger partial charge in [-0.2, -0.15) is 0 Å². The first-order valence-electron chi connectivity index (χ1n) is 10.5. The van der Waals surface area contributed by atoms with Crippen molar-refractivity contribution in [3.05, 3.63) is 120 Å². The van der Waals surface area contributed by atoms with Crippen molar-refractivity contribution in [3.8, 4) is 11.1 Å². The molecule has 0 radical (unpaired) electrons. The van der Waals surface area contributed by atoms with E-state index in [1.54, 1.807) is 24.3 Å². The van der Waals surface area contributed by atoms with Crippen molar-refractivity contribution in [3.63, 3.8) is 0 Å². The quantitative estimate of drug-likeness (QED) is 0.313. The lowest BCUT2D eigenvalue weighted by Crippen LogP contribution is -2.20. The highest BCUT2D eigenvalue weighted by atomic mass is 32.2. The Morgan fingerprint density at radius 1 is 0.697 bits per heavy atom. The summed E-state index contributed by atoms with van der Waals surface area (Å²) in [5.41, 5.74) is 5.14. The highest BCUT2D eigenvalue weighted by Gasteiger charge is 2.19. The molecule has 1 atom stereocenters. The SMILES string of the molecule is O=C(O)c1ccccc1CCc1ccccc1N(c1ccc(-c2ccccc2)cc1)S(=O)O. The highest BCUT2D eigenvalue weighted by Crippen LogP contribution is 2.32. The predicted molar refractivity (Wildman–Crippen MR) is 132 cm³/mol. The lowest BCUT2D eigenvalue weighted by molar-refractivity contribution is 0.0695. The minimum absolute atomic E-state index is 0.272. The van der Waals surface area contributed by atoms with Crippen molar-refractivity contribution in [1.82, 2.24) is 0 Å². The number of carbonyl (C=O) groups is 1. The summed E-state index contributed by atoms with van der Waals surface area (Å²) in [5, 5.41) is 9.45. The van der Waals surface area contributed by atoms with E-state index in [2.05, 4.69) is 0 Å². The summed E-state index contributed by atoms with van der Waals surface area (Å²) < 4.78 is 23.9. The van der Waals surface area contributed by atoms with Gasteiger partial charge in [0, 0.05) is 0 Å². The number of carboxylic acids is 1. The van der Waals surface area contributed by atoms with Crippen LogP contribution in [0.15, 0.2) is 103 Å². The van der Waals surface area contributed by atoms with Crippen molar-refractivity contribution < 1.29 is 18.7 Å². The first-order chi connectivity index (χ1) is 16.0. The number of carboxylic acid groups (broad SMARTS) is 1. The van der Waals surface area contributed by atoms with Crippen LogP contribution in [0.1, 0.15) is 21.5 Å². The van der Waals surface area contributed by atoms with Crippen LogP contribution in [0.2, 0.25) is 0 Å². The molecule has 166 valence electrons. The van der Waals surface area contributed by atoms with Gasteiger partial charge in [0.15, 0.2) is 0 Å². The van der Waals surface area contributed by atoms with Gasteiger partial charge in [0.2, 0.25) is 0 Å². The van der Waals surface area contributed by atoms with Gasteiger partial charge in [0.05, 0.1) is 16.9 Å². The first-order valence-corrected chi connectivity index (χ1v) is 11.6. The van der Waals surface area contributed by atoms with Crippen LogP contribution in [0.3, 0.4) is 0 Å². The minimum atomic E-state index is -2.29. The Morgan fingerprint density at radius 2 is 1.24 bits per heavy atom. The topological polar surface area (TPSA) is 77.8 Å². The molecule has 33 heavy (non-hydrogen) atoms. The van der Waals surface area contributed by atoms with Gasteiger partial charge < -0.3 is 5.11 Å². The molecule has 0 amide bonds. The van der Waals surface area contributed by atoms with Gasteiger partial charge >= 0.3 is 5.97 Å². The third-order valence-electron chi connectivity index (χ3n) is 5.49. The van der Waals surface area contributed by atoms with E-state index in [0.717, 1.165) is 22.3 Å². The molecule has 0 saturated carbocycles. The van der Waals surface area contributed by atoms with E-state index in [1.807, 2.05) is 78.9 Å². The van der Waals surface area contributed by atoms with Crippen LogP contribution in [-0.4, -0.2) is 19.8 Å². The summed E-state index contributed by atoms with van der Waals surface area (Å²) in [7, 11) is 0. The van der Waals surface area contributed by atoms with Crippen molar-refractivity contribution in [2.75, 3.05) is 4.31 Å². The Labute approximate surface area is 195 Å². The zero-order valence-corrected chi connectivity index (χ0v) is 18.6. The minimum Gasteiger partial charge on any atom is -0.478 e. The standard InChI is InChI=1S/C27H23NO4S/c29-27(30)25-12-6-4-10-22(25)14-15-23-11-5-7-13-26(23)28(33(31)32)24-18-16-21(17-19-24)20-8-2-1-3-9-20/h1-13,16-19H,14-15H2,(H,29,30)(H,31,32). The molecule has 0 spiro atoms. The van der Waals surface area contributed by atoms with E-state index in [-0.39, 0.29) is 5.56 Å². The third-order valence-corrected chi connectivity index (χ3v) is 6.21. The fourth-order valence-electron chi connectivity index (χ4n) is 3.87. The maximum Gasteiger partial charge on any atom is 0.335 e. The van der Waals surface area contributed by atoms with Gasteiger partial charge in [-0.15, -0.1) is 0 Å². The molecule has 0 aromatic heterocycles. The monoisotopic (exact) mass is 457 g/mol. The van der Waals surface area contributed by atoms with Crippen LogP contribution in [0, 0.1) is 0 Å². The van der Waals surface area contributed by atoms with Crippen LogP contribution >= 0.6 is 0 Å². The number of nitrogens with zero attached hydrogens (tertiary/aromatic N) is 1. The second kappa shape index (κ2) is 10.3. The molecule has 0 aliphatic heterocycles. The molecule has 0 bridgehead atoms. The van der Waals surface area contributed by atoms with Crippen molar-refractivity contribution in [2.24, 2.45) is 0 Å². The molecule has 0 fully saturated rings. The average molecular weight is 458 g/mol. The Kier molecular flexibility index (Phi) is 6.98. The van der Waals surface area contributed by atoms with Gasteiger partial charge in [-0.05, 0) is 59.4 Å². The molecule has 2 N–H and O–H groups in total. The Balaban J connectivity index is 1.63. The van der Waals surface area contributed by atoms with Gasteiger partial charge in [0.1, 0.15) is 0 Å². The number of aromatic carboxylic acids is 1. The summed E-state index contributed by atoms with van der Waals surface area (Å²) >= 11 is -2.29. The summed E-state index contributed by atoms with van der Waals surface area (Å²) in [5.74, 6) is -0.963. The number of hydrogen-bond donors (Lipinski definition) is 2. The summed E-state index contributed by atoms with van der Waals surface area (Å²) in [4.78, 5) is 11.5. The maximum atomic E-state index is 12.4. The van der Waals surface area contributed by atoms with Crippen LogP contribution in [0.5, 0.6) is 0 Å². The largest absolute Gasteiger partial charge is 0.478 e. The molecular weight excluding hydrogens is 434 g/mol. The molecule has 4 aromatic rings. The molecule has 6 heteroatoms. The molecule has 1 unspecified atom stereocenters. The number of benzene rings is 4. The van der Waals surface area contributed by atoms with E-state index in [1.165, 1.54) is 4.31 Å². The normalized spacial score (nSPS) is 11.7. The van der Waals surface area contributed by atoms with Crippen molar-refractivity contribution in [2.45, 2.75) is 12.8 Å². The summed E-state index contributed by atoms with van der Waals surface area (Å²) in [6, 6.07) is 31.7. The molecule has 5 nitrogen and oxygen atoms in total. The Bertz CT molecular complexity index is 1270. The fourth-order valence-corrected chi connectivity index (χ4v) is 4.52. The van der Waals surface area contributed by atoms with E-state index in [0.29, 0.717) is 24.2 Å². The van der Waals surface area contributed by atoms with E-state index in [4.69, 9.17) is 0 Å². The predicted octanol–water partition coefficient (Wildman–Crippen LogP) is 6.11. The van der Waals surface area contributed by atoms with E-state index >= 15 is 0 Å². The molecular formula is C27H23NO4S. The van der Waals surface area contributed by atoms with Crippen LogP contribution < -0.4 is 4.31 Å². The third kappa shape index (κ3) is 5.19. The smallest absolute Gasteiger partial charge is 0.335 e. The molecule has 4 aromatic carbocycles. The van der Waals surface area contributed by atoms with Gasteiger partial charge in [0.25, 0.3) is 11.3 Å². The molecule has 0 heterocycles. The fraction of sp³-hybridized carbons (Fsp3) is 0.0741. The molecule has 0 aliphatic carbocycles. The van der Waals surface area contributed by atoms with Crippen LogP contribution in [0.25, 0.3) is 11.1 Å². The number of aryl methyl sites for hydroxylation is 2. The number of rotatable bonds is 8. The van der Waals surface area contributed by atoms with Crippen molar-refractivity contribution in [1.29, 1.82) is 0 Å². The lowest BCUT2D eigenvalue weighted by atomic mass is 9.99. The van der Waals surface area contributed by atoms with Gasteiger partial charge in [-0.3, -0.25) is 4.55 Å². The Morgan fingerprint density at radius 3 is 1.91 bits per heavy atom. The van der Waals surface area contributed by atoms with E-state index < -0.39 is 17.2 Å². The highest BCUT2D eigenvalue weighted by molar-refractivity contribution is 7.81. The number of hydrogen-bond acceptors (Lipinski definition) is 2. The van der Waals surface area contributed by atoms with Gasteiger partial charge in [-0.1, -0.05) is 78.9 Å². The molecule has 0 saturated heterocycles. The first kappa shape index (κ1) is 22.5. The average Bonchev–Trinajstić information content (AvgIpc) is 2.84. The van der Waals surface area contributed by atoms with Crippen LogP contribution in [0.4, 0.5) is 11.4 Å². The summed E-state index contributed by atoms with van der Waals surface area (Å²) in [6.45, 7) is 0. The maximum absolute atomic E-state index is 12.4. The second-order valence-electron chi connectivity index (χ2n) is 7.53. The number of para-hydroxylation sites is 1. The lowest BCUT2D eigenvalue weighted by Gasteiger charge is -2.23. The zero-order valence-electron chi connectivity index (χ0n) is 17.8. The van der Waals surface area contributed by atoms with E-state index in [9.17, 15) is 18.7 Å². The van der Waals surface area contributed by atoms with Crippen LogP contribution in [-0.2, 0) is 24.1 Å². The molecule has 4 rings (SSSR count). The Hall–Kier alpha value is -3.74. The second-order valence-corrected chi connectivity index (χ2v) is 8.36. The summed E-state index contributed by atoms with van der Waals surface area (Å²) in [6.07, 6.45) is 1.02. The molecule has 0 aliphatic rings.